The molecule has 0 unspecified atom stereocenters. The van der Waals surface area contributed by atoms with E-state index in [-0.39, 0.29) is 5.91 Å². The van der Waals surface area contributed by atoms with Crippen LogP contribution in [0.5, 0.6) is 0 Å². The van der Waals surface area contributed by atoms with Crippen molar-refractivity contribution in [2.75, 3.05) is 36.8 Å². The van der Waals surface area contributed by atoms with E-state index < -0.39 is 0 Å². The molecular formula is C30H37N5OS2. The van der Waals surface area contributed by atoms with E-state index in [1.54, 1.807) is 23.1 Å². The normalized spacial score (nSPS) is 14.5. The van der Waals surface area contributed by atoms with Crippen LogP contribution in [-0.4, -0.2) is 57.3 Å². The second kappa shape index (κ2) is 11.9. The molecule has 8 heteroatoms. The van der Waals surface area contributed by atoms with Crippen molar-refractivity contribution in [3.63, 3.8) is 0 Å². The highest BCUT2D eigenvalue weighted by Gasteiger charge is 2.26. The second-order valence-electron chi connectivity index (χ2n) is 10.1. The Bertz CT molecular complexity index is 1370. The van der Waals surface area contributed by atoms with Gasteiger partial charge in [0.1, 0.15) is 0 Å². The van der Waals surface area contributed by atoms with Crippen LogP contribution in [0.25, 0.3) is 22.3 Å². The highest BCUT2D eigenvalue weighted by atomic mass is 32.2. The van der Waals surface area contributed by atoms with Gasteiger partial charge in [-0.2, -0.15) is 0 Å². The van der Waals surface area contributed by atoms with Crippen molar-refractivity contribution in [1.29, 1.82) is 0 Å². The fraction of sp³-hybridized carbons (Fsp3) is 0.433. The standard InChI is InChI=1S/C30H37N5OS2/c1-5-33(6-2)24-13-11-22(12-14-24)26-19-37-29(31-26)23-15-17-34(18-16-23)28(36)20-38-30-32-25-9-7-8-10-27(25)35(30)21(3)4/h7-14,19,21,23H,5-6,15-18,20H2,1-4H3. The zero-order chi connectivity index (χ0) is 26.6. The summed E-state index contributed by atoms with van der Waals surface area (Å²) in [6.45, 7) is 12.3. The van der Waals surface area contributed by atoms with E-state index in [2.05, 4.69) is 72.9 Å². The van der Waals surface area contributed by atoms with Crippen LogP contribution >= 0.6 is 23.1 Å². The molecule has 200 valence electrons. The van der Waals surface area contributed by atoms with Crippen molar-refractivity contribution in [3.8, 4) is 11.3 Å². The van der Waals surface area contributed by atoms with Gasteiger partial charge in [0.25, 0.3) is 0 Å². The largest absolute Gasteiger partial charge is 0.372 e. The number of anilines is 1. The van der Waals surface area contributed by atoms with Gasteiger partial charge < -0.3 is 14.4 Å². The molecule has 0 bridgehead atoms. The smallest absolute Gasteiger partial charge is 0.233 e. The summed E-state index contributed by atoms with van der Waals surface area (Å²) in [4.78, 5) is 27.2. The van der Waals surface area contributed by atoms with Gasteiger partial charge in [0.15, 0.2) is 5.16 Å². The van der Waals surface area contributed by atoms with Gasteiger partial charge in [-0.3, -0.25) is 4.79 Å². The van der Waals surface area contributed by atoms with Crippen molar-refractivity contribution in [2.24, 2.45) is 0 Å². The first kappa shape index (κ1) is 26.8. The highest BCUT2D eigenvalue weighted by molar-refractivity contribution is 7.99. The van der Waals surface area contributed by atoms with Gasteiger partial charge in [0.05, 0.1) is 27.5 Å². The summed E-state index contributed by atoms with van der Waals surface area (Å²) in [5, 5.41) is 4.29. The van der Waals surface area contributed by atoms with Crippen LogP contribution in [0.15, 0.2) is 59.1 Å². The average Bonchev–Trinajstić information content (AvgIpc) is 3.58. The third-order valence-electron chi connectivity index (χ3n) is 7.42. The van der Waals surface area contributed by atoms with E-state index in [9.17, 15) is 4.79 Å². The second-order valence-corrected chi connectivity index (χ2v) is 11.9. The first-order valence-electron chi connectivity index (χ1n) is 13.7. The van der Waals surface area contributed by atoms with Crippen LogP contribution in [0.1, 0.15) is 57.5 Å². The van der Waals surface area contributed by atoms with Crippen LogP contribution in [-0.2, 0) is 4.79 Å². The topological polar surface area (TPSA) is 54.3 Å². The number of hydrogen-bond acceptors (Lipinski definition) is 6. The molecule has 1 amide bonds. The third-order valence-corrected chi connectivity index (χ3v) is 9.36. The van der Waals surface area contributed by atoms with Gasteiger partial charge in [-0.25, -0.2) is 9.97 Å². The number of para-hydroxylation sites is 2. The zero-order valence-corrected chi connectivity index (χ0v) is 24.4. The number of nitrogens with zero attached hydrogens (tertiary/aromatic N) is 5. The summed E-state index contributed by atoms with van der Waals surface area (Å²) in [6.07, 6.45) is 1.93. The molecule has 4 aromatic rings. The maximum atomic E-state index is 13.1. The van der Waals surface area contributed by atoms with Crippen LogP contribution in [0.3, 0.4) is 0 Å². The summed E-state index contributed by atoms with van der Waals surface area (Å²) >= 11 is 3.31. The molecule has 0 spiro atoms. The minimum atomic E-state index is 0.198. The fourth-order valence-corrected chi connectivity index (χ4v) is 7.30. The summed E-state index contributed by atoms with van der Waals surface area (Å²) in [6, 6.07) is 17.2. The average molecular weight is 548 g/mol. The number of carbonyl (C=O) groups excluding carboxylic acids is 1. The molecule has 1 aliphatic heterocycles. The molecule has 1 saturated heterocycles. The van der Waals surface area contributed by atoms with Gasteiger partial charge >= 0.3 is 0 Å². The van der Waals surface area contributed by atoms with Crippen molar-refractivity contribution in [3.05, 3.63) is 58.9 Å². The van der Waals surface area contributed by atoms with E-state index in [0.717, 1.165) is 60.9 Å². The number of rotatable bonds is 9. The Morgan fingerprint density at radius 1 is 1.05 bits per heavy atom. The van der Waals surface area contributed by atoms with E-state index in [4.69, 9.17) is 9.97 Å². The number of carbonyl (C=O) groups is 1. The van der Waals surface area contributed by atoms with Crippen molar-refractivity contribution in [1.82, 2.24) is 19.4 Å². The lowest BCUT2D eigenvalue weighted by molar-refractivity contribution is -0.129. The summed E-state index contributed by atoms with van der Waals surface area (Å²) in [5.41, 5.74) is 5.59. The molecule has 1 aliphatic rings. The van der Waals surface area contributed by atoms with Crippen molar-refractivity contribution < 1.29 is 4.79 Å². The molecule has 1 fully saturated rings. The summed E-state index contributed by atoms with van der Waals surface area (Å²) < 4.78 is 2.23. The number of fused-ring (bicyclic) bond motifs is 1. The maximum absolute atomic E-state index is 13.1. The Kier molecular flexibility index (Phi) is 8.39. The molecular weight excluding hydrogens is 510 g/mol. The Hall–Kier alpha value is -2.84. The van der Waals surface area contributed by atoms with Gasteiger partial charge in [-0.15, -0.1) is 11.3 Å². The number of aromatic nitrogens is 3. The number of thioether (sulfide) groups is 1. The molecule has 6 nitrogen and oxygen atoms in total. The number of hydrogen-bond donors (Lipinski definition) is 0. The van der Waals surface area contributed by atoms with Gasteiger partial charge in [0.2, 0.25) is 5.91 Å². The van der Waals surface area contributed by atoms with Crippen LogP contribution < -0.4 is 4.90 Å². The van der Waals surface area contributed by atoms with Gasteiger partial charge in [0, 0.05) is 54.8 Å². The quantitative estimate of drug-likeness (QED) is 0.210. The van der Waals surface area contributed by atoms with Crippen LogP contribution in [0.2, 0.25) is 0 Å². The molecule has 5 rings (SSSR count). The van der Waals surface area contributed by atoms with E-state index in [1.807, 2.05) is 23.1 Å². The molecule has 0 atom stereocenters. The number of benzene rings is 2. The lowest BCUT2D eigenvalue weighted by atomic mass is 9.97. The van der Waals surface area contributed by atoms with Gasteiger partial charge in [-0.05, 0) is 64.8 Å². The summed E-state index contributed by atoms with van der Waals surface area (Å²) in [5.74, 6) is 1.04. The van der Waals surface area contributed by atoms with E-state index in [1.165, 1.54) is 16.3 Å². The number of piperidine rings is 1. The molecule has 3 heterocycles. The fourth-order valence-electron chi connectivity index (χ4n) is 5.26. The molecule has 0 N–H and O–H groups in total. The molecule has 0 saturated carbocycles. The summed E-state index contributed by atoms with van der Waals surface area (Å²) in [7, 11) is 0. The Morgan fingerprint density at radius 2 is 1.76 bits per heavy atom. The van der Waals surface area contributed by atoms with Gasteiger partial charge in [-0.1, -0.05) is 36.0 Å². The monoisotopic (exact) mass is 547 g/mol. The SMILES string of the molecule is CCN(CC)c1ccc(-c2csc(C3CCN(C(=O)CSc4nc5ccccc5n4C(C)C)CC3)n2)cc1. The zero-order valence-electron chi connectivity index (χ0n) is 22.8. The highest BCUT2D eigenvalue weighted by Crippen LogP contribution is 2.34. The predicted octanol–water partition coefficient (Wildman–Crippen LogP) is 7.09. The minimum absolute atomic E-state index is 0.198. The predicted molar refractivity (Wildman–Crippen MR) is 161 cm³/mol. The number of amides is 1. The lowest BCUT2D eigenvalue weighted by Crippen LogP contribution is -2.39. The molecule has 0 aliphatic carbocycles. The maximum Gasteiger partial charge on any atom is 0.233 e. The first-order chi connectivity index (χ1) is 18.5. The van der Waals surface area contributed by atoms with E-state index in [0.29, 0.717) is 17.7 Å². The Balaban J connectivity index is 1.16. The molecule has 38 heavy (non-hydrogen) atoms. The van der Waals surface area contributed by atoms with Crippen LogP contribution in [0.4, 0.5) is 5.69 Å². The lowest BCUT2D eigenvalue weighted by Gasteiger charge is -2.31. The van der Waals surface area contributed by atoms with Crippen molar-refractivity contribution in [2.45, 2.75) is 57.7 Å². The molecule has 2 aromatic heterocycles. The third kappa shape index (κ3) is 5.61. The molecule has 2 aromatic carbocycles. The number of imidazole rings is 1. The van der Waals surface area contributed by atoms with Crippen LogP contribution in [0, 0.1) is 0 Å². The van der Waals surface area contributed by atoms with E-state index >= 15 is 0 Å². The minimum Gasteiger partial charge on any atom is -0.372 e. The first-order valence-corrected chi connectivity index (χ1v) is 15.5. The number of likely N-dealkylation sites (tertiary alicyclic amines) is 1. The Morgan fingerprint density at radius 3 is 2.45 bits per heavy atom. The molecule has 0 radical (unpaired) electrons. The van der Waals surface area contributed by atoms with Crippen molar-refractivity contribution >= 4 is 45.7 Å². The number of thiazole rings is 1. The Labute approximate surface area is 234 Å².